The molecule has 1 aromatic carbocycles. The molecule has 0 bridgehead atoms. The minimum absolute atomic E-state index is 0. The van der Waals surface area contributed by atoms with E-state index in [0.29, 0.717) is 12.3 Å². The fourth-order valence-electron chi connectivity index (χ4n) is 2.28. The summed E-state index contributed by atoms with van der Waals surface area (Å²) in [7, 11) is 1.39. The van der Waals surface area contributed by atoms with Crippen molar-refractivity contribution in [2.75, 3.05) is 13.7 Å². The zero-order valence-electron chi connectivity index (χ0n) is 10.2. The smallest absolute Gasteiger partial charge is 0.322 e. The van der Waals surface area contributed by atoms with Crippen LogP contribution in [0.15, 0.2) is 24.3 Å². The summed E-state index contributed by atoms with van der Waals surface area (Å²) in [6.45, 7) is 0.780. The molecule has 1 heterocycles. The van der Waals surface area contributed by atoms with Gasteiger partial charge in [0.1, 0.15) is 11.9 Å². The molecule has 0 aliphatic carbocycles. The summed E-state index contributed by atoms with van der Waals surface area (Å²) in [5.74, 6) is -0.162. The van der Waals surface area contributed by atoms with E-state index in [-0.39, 0.29) is 30.2 Å². The third-order valence-corrected chi connectivity index (χ3v) is 3.23. The fourth-order valence-corrected chi connectivity index (χ4v) is 2.28. The van der Waals surface area contributed by atoms with Crippen molar-refractivity contribution >= 4 is 18.4 Å². The van der Waals surface area contributed by atoms with Crippen LogP contribution >= 0.6 is 12.4 Å². The van der Waals surface area contributed by atoms with Gasteiger partial charge in [-0.05, 0) is 43.0 Å². The van der Waals surface area contributed by atoms with E-state index in [0.717, 1.165) is 18.5 Å². The Morgan fingerprint density at radius 2 is 2.06 bits per heavy atom. The molecule has 2 atom stereocenters. The van der Waals surface area contributed by atoms with Crippen LogP contribution in [0.2, 0.25) is 0 Å². The van der Waals surface area contributed by atoms with E-state index in [2.05, 4.69) is 5.32 Å². The molecule has 100 valence electrons. The van der Waals surface area contributed by atoms with Gasteiger partial charge in [0.15, 0.2) is 0 Å². The summed E-state index contributed by atoms with van der Waals surface area (Å²) in [4.78, 5) is 11.5. The summed E-state index contributed by atoms with van der Waals surface area (Å²) in [5.41, 5.74) is 1.09. The highest BCUT2D eigenvalue weighted by molar-refractivity contribution is 5.85. The summed E-state index contributed by atoms with van der Waals surface area (Å²) in [6, 6.07) is 6.26. The minimum atomic E-state index is -0.246. The first-order chi connectivity index (χ1) is 8.20. The number of nitrogens with one attached hydrogen (secondary N) is 1. The van der Waals surface area contributed by atoms with Crippen LogP contribution < -0.4 is 5.32 Å². The first kappa shape index (κ1) is 14.9. The molecule has 1 fully saturated rings. The van der Waals surface area contributed by atoms with Gasteiger partial charge in [-0.1, -0.05) is 12.1 Å². The van der Waals surface area contributed by atoms with Crippen molar-refractivity contribution in [3.05, 3.63) is 35.6 Å². The van der Waals surface area contributed by atoms with Crippen LogP contribution in [0.4, 0.5) is 4.39 Å². The maximum absolute atomic E-state index is 12.8. The first-order valence-electron chi connectivity index (χ1n) is 5.77. The van der Waals surface area contributed by atoms with E-state index in [9.17, 15) is 9.18 Å². The molecule has 0 amide bonds. The molecule has 5 heteroatoms. The average molecular weight is 274 g/mol. The highest BCUT2D eigenvalue weighted by Gasteiger charge is 2.28. The molecular weight excluding hydrogens is 257 g/mol. The molecule has 1 saturated heterocycles. The Balaban J connectivity index is 0.00000162. The van der Waals surface area contributed by atoms with Crippen molar-refractivity contribution in [2.24, 2.45) is 0 Å². The Morgan fingerprint density at radius 3 is 2.67 bits per heavy atom. The Bertz CT molecular complexity index is 396. The molecule has 0 aromatic heterocycles. The maximum atomic E-state index is 12.8. The molecular formula is C13H17ClFNO2. The van der Waals surface area contributed by atoms with Gasteiger partial charge in [-0.15, -0.1) is 12.4 Å². The molecule has 1 aromatic rings. The standard InChI is InChI=1S/C13H16FNO2.ClH/c1-17-13(16)12-8-10(6-7-15-12)9-2-4-11(14)5-3-9;/h2-5,10,12,15H,6-8H2,1H3;1H. The molecule has 1 N–H and O–H groups in total. The lowest BCUT2D eigenvalue weighted by molar-refractivity contribution is -0.143. The number of rotatable bonds is 2. The fraction of sp³-hybridized carbons (Fsp3) is 0.462. The number of benzene rings is 1. The van der Waals surface area contributed by atoms with Crippen molar-refractivity contribution in [2.45, 2.75) is 24.8 Å². The molecule has 1 aliphatic heterocycles. The number of esters is 1. The Kier molecular flexibility index (Phi) is 5.56. The van der Waals surface area contributed by atoms with E-state index in [1.54, 1.807) is 12.1 Å². The second-order valence-electron chi connectivity index (χ2n) is 4.30. The number of carbonyl (C=O) groups excluding carboxylic acids is 1. The molecule has 3 nitrogen and oxygen atoms in total. The van der Waals surface area contributed by atoms with E-state index in [1.165, 1.54) is 19.2 Å². The zero-order chi connectivity index (χ0) is 12.3. The van der Waals surface area contributed by atoms with Gasteiger partial charge >= 0.3 is 5.97 Å². The summed E-state index contributed by atoms with van der Waals surface area (Å²) >= 11 is 0. The maximum Gasteiger partial charge on any atom is 0.322 e. The SMILES string of the molecule is COC(=O)C1CC(c2ccc(F)cc2)CCN1.Cl. The predicted molar refractivity (Wildman–Crippen MR) is 69.4 cm³/mol. The number of hydrogen-bond donors (Lipinski definition) is 1. The largest absolute Gasteiger partial charge is 0.468 e. The van der Waals surface area contributed by atoms with E-state index in [4.69, 9.17) is 4.74 Å². The lowest BCUT2D eigenvalue weighted by Crippen LogP contribution is -2.43. The lowest BCUT2D eigenvalue weighted by atomic mass is 9.86. The molecule has 2 rings (SSSR count). The van der Waals surface area contributed by atoms with Crippen LogP contribution in [0.25, 0.3) is 0 Å². The topological polar surface area (TPSA) is 38.3 Å². The molecule has 2 unspecified atom stereocenters. The molecule has 1 aliphatic rings. The highest BCUT2D eigenvalue weighted by atomic mass is 35.5. The number of ether oxygens (including phenoxy) is 1. The molecule has 18 heavy (non-hydrogen) atoms. The second-order valence-corrected chi connectivity index (χ2v) is 4.30. The molecule has 0 saturated carbocycles. The number of hydrogen-bond acceptors (Lipinski definition) is 3. The van der Waals surface area contributed by atoms with Gasteiger partial charge in [-0.3, -0.25) is 4.79 Å². The average Bonchev–Trinajstić information content (AvgIpc) is 2.39. The minimum Gasteiger partial charge on any atom is -0.468 e. The van der Waals surface area contributed by atoms with Crippen molar-refractivity contribution in [3.8, 4) is 0 Å². The Labute approximate surface area is 112 Å². The lowest BCUT2D eigenvalue weighted by Gasteiger charge is -2.28. The monoisotopic (exact) mass is 273 g/mol. The second kappa shape index (κ2) is 6.71. The number of piperidine rings is 1. The van der Waals surface area contributed by atoms with Crippen molar-refractivity contribution in [1.29, 1.82) is 0 Å². The van der Waals surface area contributed by atoms with E-state index in [1.807, 2.05) is 0 Å². The van der Waals surface area contributed by atoms with E-state index >= 15 is 0 Å². The highest BCUT2D eigenvalue weighted by Crippen LogP contribution is 2.28. The van der Waals surface area contributed by atoms with Crippen molar-refractivity contribution in [3.63, 3.8) is 0 Å². The van der Waals surface area contributed by atoms with Gasteiger partial charge in [0.25, 0.3) is 0 Å². The van der Waals surface area contributed by atoms with Gasteiger partial charge in [-0.25, -0.2) is 4.39 Å². The first-order valence-corrected chi connectivity index (χ1v) is 5.77. The summed E-state index contributed by atoms with van der Waals surface area (Å²) in [6.07, 6.45) is 1.66. The van der Waals surface area contributed by atoms with E-state index < -0.39 is 0 Å². The van der Waals surface area contributed by atoms with Crippen LogP contribution in [0, 0.1) is 5.82 Å². The number of carbonyl (C=O) groups is 1. The van der Waals surface area contributed by atoms with Crippen LogP contribution in [-0.2, 0) is 9.53 Å². The summed E-state index contributed by atoms with van der Waals surface area (Å²) in [5, 5.41) is 3.13. The van der Waals surface area contributed by atoms with Gasteiger partial charge < -0.3 is 10.1 Å². The third kappa shape index (κ3) is 3.43. The normalized spacial score (nSPS) is 23.0. The third-order valence-electron chi connectivity index (χ3n) is 3.23. The Hall–Kier alpha value is -1.13. The number of methoxy groups -OCH3 is 1. The van der Waals surface area contributed by atoms with Gasteiger partial charge in [0, 0.05) is 0 Å². The van der Waals surface area contributed by atoms with Crippen molar-refractivity contribution in [1.82, 2.24) is 5.32 Å². The molecule has 0 radical (unpaired) electrons. The molecule has 0 spiro atoms. The summed E-state index contributed by atoms with van der Waals surface area (Å²) < 4.78 is 17.6. The van der Waals surface area contributed by atoms with Crippen LogP contribution in [0.5, 0.6) is 0 Å². The van der Waals surface area contributed by atoms with Gasteiger partial charge in [0.05, 0.1) is 7.11 Å². The quantitative estimate of drug-likeness (QED) is 0.840. The van der Waals surface area contributed by atoms with Crippen LogP contribution in [-0.4, -0.2) is 25.7 Å². The van der Waals surface area contributed by atoms with Crippen molar-refractivity contribution < 1.29 is 13.9 Å². The van der Waals surface area contributed by atoms with Gasteiger partial charge in [-0.2, -0.15) is 0 Å². The zero-order valence-corrected chi connectivity index (χ0v) is 11.0. The van der Waals surface area contributed by atoms with Crippen LogP contribution in [0.1, 0.15) is 24.3 Å². The number of halogens is 2. The predicted octanol–water partition coefficient (Wildman–Crippen LogP) is 2.26. The Morgan fingerprint density at radius 1 is 1.39 bits per heavy atom. The van der Waals surface area contributed by atoms with Gasteiger partial charge in [0.2, 0.25) is 0 Å². The van der Waals surface area contributed by atoms with Crippen LogP contribution in [0.3, 0.4) is 0 Å².